The van der Waals surface area contributed by atoms with Gasteiger partial charge in [-0.2, -0.15) is 0 Å². The molecule has 8 nitrogen and oxygen atoms in total. The van der Waals surface area contributed by atoms with E-state index in [0.29, 0.717) is 46.2 Å². The van der Waals surface area contributed by atoms with Crippen LogP contribution in [0.4, 0.5) is 5.69 Å². The number of fused-ring (bicyclic) bond motifs is 3. The van der Waals surface area contributed by atoms with Crippen LogP contribution in [0.25, 0.3) is 106 Å². The Balaban J connectivity index is 1.09. The summed E-state index contributed by atoms with van der Waals surface area (Å²) in [4.78, 5) is 33.5. The Labute approximate surface area is 327 Å². The van der Waals surface area contributed by atoms with Crippen molar-refractivity contribution in [2.45, 2.75) is 0 Å². The lowest BCUT2D eigenvalue weighted by Gasteiger charge is -2.10. The van der Waals surface area contributed by atoms with Crippen LogP contribution in [0, 0.1) is 6.57 Å². The normalized spacial score (nSPS) is 11.1. The maximum Gasteiger partial charge on any atom is 0.194 e. The van der Waals surface area contributed by atoms with Crippen LogP contribution in [-0.2, 0) is 0 Å². The smallest absolute Gasteiger partial charge is 0.194 e. The van der Waals surface area contributed by atoms with Gasteiger partial charge in [0.25, 0.3) is 0 Å². The monoisotopic (exact) mass is 731 g/mol. The van der Waals surface area contributed by atoms with Crippen LogP contribution in [0.3, 0.4) is 0 Å². The van der Waals surface area contributed by atoms with Crippen LogP contribution in [0.1, 0.15) is 0 Å². The summed E-state index contributed by atoms with van der Waals surface area (Å²) in [5.74, 6) is 3.32. The molecule has 7 aromatic carbocycles. The van der Waals surface area contributed by atoms with E-state index in [4.69, 9.17) is 40.9 Å². The molecule has 0 spiro atoms. The van der Waals surface area contributed by atoms with Crippen molar-refractivity contribution in [3.8, 4) is 79.5 Å². The van der Waals surface area contributed by atoms with Crippen molar-refractivity contribution in [1.29, 1.82) is 0 Å². The van der Waals surface area contributed by atoms with Crippen molar-refractivity contribution < 1.29 is 4.42 Å². The number of aromatic nitrogens is 6. The highest BCUT2D eigenvalue weighted by Crippen LogP contribution is 2.38. The molecule has 266 valence electrons. The summed E-state index contributed by atoms with van der Waals surface area (Å²) in [6.45, 7) is 7.62. The summed E-state index contributed by atoms with van der Waals surface area (Å²) in [7, 11) is 0. The third-order valence-electron chi connectivity index (χ3n) is 9.84. The number of benzene rings is 7. The Bertz CT molecular complexity index is 3060. The van der Waals surface area contributed by atoms with Gasteiger partial charge in [-0.3, -0.25) is 0 Å². The molecule has 3 heterocycles. The fraction of sp³-hybridized carbons (Fsp3) is 0. The molecule has 0 amide bonds. The number of hydrogen-bond donors (Lipinski definition) is 0. The van der Waals surface area contributed by atoms with Crippen molar-refractivity contribution in [3.05, 3.63) is 187 Å². The van der Waals surface area contributed by atoms with Gasteiger partial charge in [-0.05, 0) is 35.4 Å². The maximum atomic E-state index is 7.62. The van der Waals surface area contributed by atoms with Crippen molar-refractivity contribution in [2.75, 3.05) is 0 Å². The first-order chi connectivity index (χ1) is 28.2. The molecule has 10 aromatic rings. The van der Waals surface area contributed by atoms with Crippen LogP contribution < -0.4 is 0 Å². The Hall–Kier alpha value is -8.15. The molecule has 0 saturated heterocycles. The Morgan fingerprint density at radius 3 is 1.35 bits per heavy atom. The predicted molar refractivity (Wildman–Crippen MR) is 225 cm³/mol. The van der Waals surface area contributed by atoms with Gasteiger partial charge in [0.15, 0.2) is 40.6 Å². The average molecular weight is 732 g/mol. The number of furan rings is 1. The minimum Gasteiger partial charge on any atom is -0.455 e. The summed E-state index contributed by atoms with van der Waals surface area (Å²) in [6.07, 6.45) is 0. The third kappa shape index (κ3) is 6.35. The second-order valence-electron chi connectivity index (χ2n) is 13.4. The van der Waals surface area contributed by atoms with E-state index in [0.717, 1.165) is 60.9 Å². The summed E-state index contributed by atoms with van der Waals surface area (Å²) in [6, 6.07) is 57.4. The van der Waals surface area contributed by atoms with Gasteiger partial charge < -0.3 is 4.42 Å². The van der Waals surface area contributed by atoms with E-state index in [-0.39, 0.29) is 0 Å². The molecular weight excluding hydrogens is 703 g/mol. The largest absolute Gasteiger partial charge is 0.455 e. The SMILES string of the molecule is [C-]#[N+]c1ccccc1-c1ccc(-c2nc(-c3ccccc3)nc(-c3cccc4c3oc3ccc(-c5nc(-c6ccccc6)nc(-c6ccccc6)n5)cc34)n2)cc1. The summed E-state index contributed by atoms with van der Waals surface area (Å²) >= 11 is 0. The molecule has 8 heteroatoms. The van der Waals surface area contributed by atoms with E-state index in [9.17, 15) is 0 Å². The molecule has 0 atom stereocenters. The van der Waals surface area contributed by atoms with E-state index in [1.807, 2.05) is 170 Å². The first kappa shape index (κ1) is 33.4. The van der Waals surface area contributed by atoms with Crippen molar-refractivity contribution in [3.63, 3.8) is 0 Å². The fourth-order valence-corrected chi connectivity index (χ4v) is 7.01. The zero-order chi connectivity index (χ0) is 38.1. The Morgan fingerprint density at radius 1 is 0.351 bits per heavy atom. The van der Waals surface area contributed by atoms with Crippen LogP contribution in [-0.4, -0.2) is 29.9 Å². The molecular formula is C49H29N7O. The summed E-state index contributed by atoms with van der Waals surface area (Å²) < 4.78 is 6.61. The van der Waals surface area contributed by atoms with E-state index < -0.39 is 0 Å². The Morgan fingerprint density at radius 2 is 0.789 bits per heavy atom. The van der Waals surface area contributed by atoms with Gasteiger partial charge in [0.05, 0.1) is 12.1 Å². The van der Waals surface area contributed by atoms with E-state index in [1.165, 1.54) is 0 Å². The molecule has 0 bridgehead atoms. The topological polar surface area (TPSA) is 94.8 Å². The quantitative estimate of drug-likeness (QED) is 0.151. The molecule has 0 aliphatic carbocycles. The molecule has 0 N–H and O–H groups in total. The zero-order valence-electron chi connectivity index (χ0n) is 30.3. The molecule has 0 fully saturated rings. The molecule has 0 aliphatic rings. The zero-order valence-corrected chi connectivity index (χ0v) is 30.3. The first-order valence-electron chi connectivity index (χ1n) is 18.4. The molecule has 0 saturated carbocycles. The second kappa shape index (κ2) is 14.3. The van der Waals surface area contributed by atoms with Gasteiger partial charge >= 0.3 is 0 Å². The second-order valence-corrected chi connectivity index (χ2v) is 13.4. The lowest BCUT2D eigenvalue weighted by Crippen LogP contribution is -2.00. The van der Waals surface area contributed by atoms with Gasteiger partial charge in [0, 0.05) is 38.6 Å². The minimum absolute atomic E-state index is 0.489. The molecule has 10 rings (SSSR count). The highest BCUT2D eigenvalue weighted by atomic mass is 16.3. The lowest BCUT2D eigenvalue weighted by molar-refractivity contribution is 0.669. The van der Waals surface area contributed by atoms with Crippen molar-refractivity contribution in [1.82, 2.24) is 29.9 Å². The minimum atomic E-state index is 0.489. The summed E-state index contributed by atoms with van der Waals surface area (Å²) in [5.41, 5.74) is 8.89. The highest BCUT2D eigenvalue weighted by molar-refractivity contribution is 6.10. The molecule has 0 radical (unpaired) electrons. The standard InChI is InChI=1S/C49H29N7O/c1-50-41-23-12-11-20-37(41)31-24-26-35(27-25-31)47-52-46(34-18-9-4-10-19-34)55-49(56-47)39-22-13-21-38-40-30-36(28-29-42(40)57-43(38)39)48-53-44(32-14-5-2-6-15-32)51-45(54-48)33-16-7-3-8-17-33/h2-30H. The van der Waals surface area contributed by atoms with E-state index in [1.54, 1.807) is 0 Å². The predicted octanol–water partition coefficient (Wildman–Crippen LogP) is 12.2. The van der Waals surface area contributed by atoms with Crippen LogP contribution in [0.15, 0.2) is 180 Å². The van der Waals surface area contributed by atoms with Gasteiger partial charge in [-0.25, -0.2) is 34.7 Å². The first-order valence-corrected chi connectivity index (χ1v) is 18.4. The highest BCUT2D eigenvalue weighted by Gasteiger charge is 2.19. The number of hydrogen-bond acceptors (Lipinski definition) is 7. The van der Waals surface area contributed by atoms with E-state index in [2.05, 4.69) is 10.9 Å². The third-order valence-corrected chi connectivity index (χ3v) is 9.84. The Kier molecular flexibility index (Phi) is 8.36. The average Bonchev–Trinajstić information content (AvgIpc) is 3.68. The molecule has 0 aliphatic heterocycles. The van der Waals surface area contributed by atoms with Crippen molar-refractivity contribution in [2.24, 2.45) is 0 Å². The van der Waals surface area contributed by atoms with E-state index >= 15 is 0 Å². The lowest BCUT2D eigenvalue weighted by atomic mass is 10.0. The fourth-order valence-electron chi connectivity index (χ4n) is 7.01. The molecule has 57 heavy (non-hydrogen) atoms. The van der Waals surface area contributed by atoms with Gasteiger partial charge in [0.2, 0.25) is 0 Å². The maximum absolute atomic E-state index is 7.62. The molecule has 3 aromatic heterocycles. The van der Waals surface area contributed by atoms with Gasteiger partial charge in [-0.1, -0.05) is 152 Å². The number of rotatable bonds is 7. The van der Waals surface area contributed by atoms with Crippen LogP contribution >= 0.6 is 0 Å². The van der Waals surface area contributed by atoms with Crippen LogP contribution in [0.2, 0.25) is 0 Å². The number of nitrogens with zero attached hydrogens (tertiary/aromatic N) is 7. The van der Waals surface area contributed by atoms with Crippen LogP contribution in [0.5, 0.6) is 0 Å². The van der Waals surface area contributed by atoms with Crippen molar-refractivity contribution >= 4 is 27.6 Å². The molecule has 0 unspecified atom stereocenters. The van der Waals surface area contributed by atoms with Gasteiger partial charge in [-0.15, -0.1) is 0 Å². The summed E-state index contributed by atoms with van der Waals surface area (Å²) in [5, 5.41) is 1.83. The van der Waals surface area contributed by atoms with Gasteiger partial charge in [0.1, 0.15) is 11.2 Å². The number of para-hydroxylation sites is 2.